The van der Waals surface area contributed by atoms with Gasteiger partial charge in [0.05, 0.1) is 24.5 Å². The van der Waals surface area contributed by atoms with Crippen LogP contribution in [0, 0.1) is 29.0 Å². The maximum Gasteiger partial charge on any atom is 0.156 e. The van der Waals surface area contributed by atoms with E-state index in [4.69, 9.17) is 10.4 Å². The monoisotopic (exact) mass is 457 g/mol. The Hall–Kier alpha value is -3.61. The lowest BCUT2D eigenvalue weighted by molar-refractivity contribution is 0.248. The minimum absolute atomic E-state index is 0.170. The van der Waals surface area contributed by atoms with Gasteiger partial charge in [0, 0.05) is 11.3 Å². The molecule has 1 aliphatic carbocycles. The lowest BCUT2D eigenvalue weighted by Gasteiger charge is -2.33. The van der Waals surface area contributed by atoms with Crippen LogP contribution in [-0.4, -0.2) is 20.6 Å². The molecule has 174 valence electrons. The summed E-state index contributed by atoms with van der Waals surface area (Å²) in [6.07, 6.45) is 4.39. The molecule has 34 heavy (non-hydrogen) atoms. The summed E-state index contributed by atoms with van der Waals surface area (Å²) in [7, 11) is 0. The molecule has 2 aliphatic rings. The lowest BCUT2D eigenvalue weighted by Crippen LogP contribution is -2.26. The maximum atomic E-state index is 14.3. The van der Waals surface area contributed by atoms with Crippen molar-refractivity contribution in [1.82, 2.24) is 14.9 Å². The van der Waals surface area contributed by atoms with E-state index in [1.165, 1.54) is 37.1 Å². The Morgan fingerprint density at radius 3 is 2.71 bits per heavy atom. The van der Waals surface area contributed by atoms with Gasteiger partial charge in [0.15, 0.2) is 11.6 Å². The number of benzene rings is 2. The highest BCUT2D eigenvalue weighted by Crippen LogP contribution is 2.37. The van der Waals surface area contributed by atoms with Gasteiger partial charge in [0.2, 0.25) is 0 Å². The van der Waals surface area contributed by atoms with Gasteiger partial charge in [-0.1, -0.05) is 38.1 Å². The summed E-state index contributed by atoms with van der Waals surface area (Å²) in [6.45, 7) is 9.70. The van der Waals surface area contributed by atoms with E-state index in [1.807, 2.05) is 32.0 Å². The molecule has 0 bridgehead atoms. The average Bonchev–Trinajstić information content (AvgIpc) is 3.37. The first-order valence-corrected chi connectivity index (χ1v) is 11.8. The van der Waals surface area contributed by atoms with Crippen LogP contribution in [0.4, 0.5) is 10.1 Å². The zero-order valence-corrected chi connectivity index (χ0v) is 19.5. The van der Waals surface area contributed by atoms with Gasteiger partial charge >= 0.3 is 0 Å². The first kappa shape index (κ1) is 22.2. The van der Waals surface area contributed by atoms with Crippen molar-refractivity contribution in [3.8, 4) is 11.1 Å². The van der Waals surface area contributed by atoms with Crippen molar-refractivity contribution in [2.24, 2.45) is 11.1 Å². The zero-order chi connectivity index (χ0) is 24.0. The molecule has 2 heterocycles. The van der Waals surface area contributed by atoms with Gasteiger partial charge in [-0.2, -0.15) is 0 Å². The van der Waals surface area contributed by atoms with Crippen LogP contribution in [0.25, 0.3) is 11.1 Å². The van der Waals surface area contributed by atoms with E-state index in [0.29, 0.717) is 23.9 Å². The van der Waals surface area contributed by atoms with E-state index in [1.54, 1.807) is 0 Å². The summed E-state index contributed by atoms with van der Waals surface area (Å²) in [5.74, 6) is 0.544. The molecule has 0 radical (unpaired) electrons. The van der Waals surface area contributed by atoms with Crippen molar-refractivity contribution in [3.63, 3.8) is 0 Å². The van der Waals surface area contributed by atoms with Crippen LogP contribution in [0.15, 0.2) is 47.8 Å². The molecule has 1 aliphatic heterocycles. The molecule has 1 aromatic heterocycles. The second-order valence-corrected chi connectivity index (χ2v) is 9.30. The summed E-state index contributed by atoms with van der Waals surface area (Å²) in [5.41, 5.74) is 7.53. The van der Waals surface area contributed by atoms with E-state index in [9.17, 15) is 9.30 Å². The van der Waals surface area contributed by atoms with E-state index in [0.717, 1.165) is 52.3 Å². The summed E-state index contributed by atoms with van der Waals surface area (Å²) < 4.78 is 14.3. The van der Waals surface area contributed by atoms with Crippen LogP contribution < -0.4 is 0 Å². The zero-order valence-electron chi connectivity index (χ0n) is 19.5. The highest BCUT2D eigenvalue weighted by molar-refractivity contribution is 6.09. The number of aryl methyl sites for hydroxylation is 2. The standard InChI is InChI=1S/C27H28FN5O/c1-4-17-11-23(32-34)22(28)12-21(17)19-8-9-20(15(2)10-19)26(29)27-30-24-13-33(14-25(24)31-27)16(3)18-6-5-7-18/h8-12,18,29H,3-7,13-14H2,1-2H3,(H,30,31). The van der Waals surface area contributed by atoms with Crippen molar-refractivity contribution in [2.45, 2.75) is 52.6 Å². The highest BCUT2D eigenvalue weighted by atomic mass is 19.1. The molecular formula is C27H28FN5O. The number of allylic oxidation sites excluding steroid dienone is 1. The van der Waals surface area contributed by atoms with E-state index < -0.39 is 5.82 Å². The predicted octanol–water partition coefficient (Wildman–Crippen LogP) is 6.53. The molecule has 0 atom stereocenters. The fraction of sp³-hybridized carbons (Fsp3) is 0.333. The Kier molecular flexibility index (Phi) is 5.63. The van der Waals surface area contributed by atoms with Gasteiger partial charge in [0.25, 0.3) is 0 Å². The summed E-state index contributed by atoms with van der Waals surface area (Å²) in [5, 5.41) is 11.6. The number of hydrogen-bond donors (Lipinski definition) is 2. The minimum Gasteiger partial charge on any atom is -0.363 e. The topological polar surface area (TPSA) is 85.2 Å². The second-order valence-electron chi connectivity index (χ2n) is 9.30. The Bertz CT molecular complexity index is 1300. The number of H-pyrrole nitrogens is 1. The van der Waals surface area contributed by atoms with Crippen molar-refractivity contribution in [3.05, 3.63) is 87.2 Å². The SMILES string of the molecule is C=C(C1CCC1)N1Cc2nc(C(=N)c3ccc(-c4cc(F)c(N=O)cc4CC)cc3C)[nH]c2C1. The van der Waals surface area contributed by atoms with Crippen LogP contribution in [0.5, 0.6) is 0 Å². The Morgan fingerprint density at radius 2 is 2.09 bits per heavy atom. The van der Waals surface area contributed by atoms with Crippen molar-refractivity contribution in [2.75, 3.05) is 0 Å². The maximum absolute atomic E-state index is 14.3. The summed E-state index contributed by atoms with van der Waals surface area (Å²) >= 11 is 0. The van der Waals surface area contributed by atoms with E-state index in [-0.39, 0.29) is 5.69 Å². The van der Waals surface area contributed by atoms with Gasteiger partial charge in [-0.25, -0.2) is 9.37 Å². The van der Waals surface area contributed by atoms with Gasteiger partial charge in [0.1, 0.15) is 11.4 Å². The first-order valence-electron chi connectivity index (χ1n) is 11.8. The van der Waals surface area contributed by atoms with Crippen molar-refractivity contribution < 1.29 is 4.39 Å². The number of aromatic amines is 1. The molecular weight excluding hydrogens is 429 g/mol. The lowest BCUT2D eigenvalue weighted by atomic mass is 9.83. The summed E-state index contributed by atoms with van der Waals surface area (Å²) in [4.78, 5) is 21.3. The third-order valence-corrected chi connectivity index (χ3v) is 7.23. The Balaban J connectivity index is 1.37. The minimum atomic E-state index is -0.629. The molecule has 1 saturated carbocycles. The van der Waals surface area contributed by atoms with Gasteiger partial charge < -0.3 is 9.88 Å². The van der Waals surface area contributed by atoms with Crippen LogP contribution in [0.2, 0.25) is 0 Å². The number of nitroso groups, excluding NO2 is 1. The van der Waals surface area contributed by atoms with E-state index in [2.05, 4.69) is 21.6 Å². The molecule has 2 aromatic carbocycles. The molecule has 5 rings (SSSR count). The van der Waals surface area contributed by atoms with Crippen LogP contribution in [0.3, 0.4) is 0 Å². The van der Waals surface area contributed by atoms with Crippen LogP contribution in [-0.2, 0) is 19.5 Å². The van der Waals surface area contributed by atoms with Gasteiger partial charge in [-0.15, -0.1) is 4.91 Å². The van der Waals surface area contributed by atoms with Crippen molar-refractivity contribution in [1.29, 1.82) is 5.41 Å². The summed E-state index contributed by atoms with van der Waals surface area (Å²) in [6, 6.07) is 8.60. The van der Waals surface area contributed by atoms with Crippen LogP contribution >= 0.6 is 0 Å². The molecule has 3 aromatic rings. The third kappa shape index (κ3) is 3.75. The molecule has 6 nitrogen and oxygen atoms in total. The number of nitrogens with zero attached hydrogens (tertiary/aromatic N) is 3. The van der Waals surface area contributed by atoms with Gasteiger partial charge in [-0.05, 0) is 71.7 Å². The molecule has 7 heteroatoms. The smallest absolute Gasteiger partial charge is 0.156 e. The first-order chi connectivity index (χ1) is 16.4. The van der Waals surface area contributed by atoms with Gasteiger partial charge in [-0.3, -0.25) is 5.41 Å². The number of halogens is 1. The molecule has 0 unspecified atom stereocenters. The molecule has 0 saturated heterocycles. The Morgan fingerprint density at radius 1 is 1.29 bits per heavy atom. The second kappa shape index (κ2) is 8.63. The largest absolute Gasteiger partial charge is 0.363 e. The number of hydrogen-bond acceptors (Lipinski definition) is 5. The number of rotatable bonds is 7. The highest BCUT2D eigenvalue weighted by Gasteiger charge is 2.30. The van der Waals surface area contributed by atoms with Crippen LogP contribution in [0.1, 0.15) is 60.1 Å². The fourth-order valence-corrected chi connectivity index (χ4v) is 4.93. The number of imidazole rings is 1. The quantitative estimate of drug-likeness (QED) is 0.312. The fourth-order valence-electron chi connectivity index (χ4n) is 4.93. The predicted molar refractivity (Wildman–Crippen MR) is 132 cm³/mol. The number of nitrogens with one attached hydrogen (secondary N) is 2. The number of fused-ring (bicyclic) bond motifs is 1. The van der Waals surface area contributed by atoms with E-state index >= 15 is 0 Å². The normalized spacial score (nSPS) is 15.2. The molecule has 2 N–H and O–H groups in total. The molecule has 1 fully saturated rings. The molecule has 0 amide bonds. The molecule has 0 spiro atoms. The van der Waals surface area contributed by atoms with Crippen molar-refractivity contribution >= 4 is 11.4 Å². The Labute approximate surface area is 198 Å². The number of aromatic nitrogens is 2. The average molecular weight is 458 g/mol. The third-order valence-electron chi connectivity index (χ3n) is 7.23.